The lowest BCUT2D eigenvalue weighted by Gasteiger charge is -2.11. The van der Waals surface area contributed by atoms with Crippen LogP contribution in [0.2, 0.25) is 0 Å². The van der Waals surface area contributed by atoms with Crippen LogP contribution in [0.4, 0.5) is 0 Å². The molecule has 0 amide bonds. The standard InChI is InChI=1S/C22H19BrN4O4S/c1-3-31-22(29)18-17-14(10-27-12-24-11-25-27)20(28)15(23)9-16(17)26(2)19(18)21(32-30)13-7-5-4-6-8-13/h4-9,11-12,28H,3,10H2,1-2H3. The number of halogens is 1. The Balaban J connectivity index is 2.11. The van der Waals surface area contributed by atoms with Crippen LogP contribution in [0.15, 0.2) is 53.5 Å². The van der Waals surface area contributed by atoms with Crippen molar-refractivity contribution in [3.8, 4) is 5.75 Å². The van der Waals surface area contributed by atoms with E-state index in [1.54, 1.807) is 29.3 Å². The van der Waals surface area contributed by atoms with Gasteiger partial charge < -0.3 is 14.4 Å². The minimum atomic E-state index is -0.572. The predicted molar refractivity (Wildman–Crippen MR) is 125 cm³/mol. The van der Waals surface area contributed by atoms with Crippen molar-refractivity contribution >= 4 is 48.9 Å². The van der Waals surface area contributed by atoms with Gasteiger partial charge >= 0.3 is 5.97 Å². The van der Waals surface area contributed by atoms with Gasteiger partial charge in [-0.3, -0.25) is 0 Å². The third-order valence-electron chi connectivity index (χ3n) is 5.12. The molecular weight excluding hydrogens is 496 g/mol. The average molecular weight is 515 g/mol. The van der Waals surface area contributed by atoms with Crippen molar-refractivity contribution in [1.82, 2.24) is 19.3 Å². The van der Waals surface area contributed by atoms with Crippen LogP contribution in [0.3, 0.4) is 0 Å². The molecule has 2 aromatic carbocycles. The van der Waals surface area contributed by atoms with Gasteiger partial charge in [-0.2, -0.15) is 5.10 Å². The Morgan fingerprint density at radius 2 is 2.03 bits per heavy atom. The third kappa shape index (κ3) is 3.76. The third-order valence-corrected chi connectivity index (χ3v) is 6.32. The Morgan fingerprint density at radius 3 is 2.66 bits per heavy atom. The van der Waals surface area contributed by atoms with Crippen LogP contribution < -0.4 is 0 Å². The number of carbonyl (C=O) groups excluding carboxylic acids is 1. The number of aromatic hydroxyl groups is 1. The Hall–Kier alpha value is -3.24. The van der Waals surface area contributed by atoms with Crippen molar-refractivity contribution in [2.75, 3.05) is 6.61 Å². The minimum absolute atomic E-state index is 0.0215. The molecule has 10 heteroatoms. The number of fused-ring (bicyclic) bond motifs is 1. The lowest BCUT2D eigenvalue weighted by Crippen LogP contribution is -2.15. The van der Waals surface area contributed by atoms with Gasteiger partial charge in [0.25, 0.3) is 0 Å². The highest BCUT2D eigenvalue weighted by atomic mass is 79.9. The van der Waals surface area contributed by atoms with Crippen molar-refractivity contribution in [2.45, 2.75) is 13.5 Å². The highest BCUT2D eigenvalue weighted by Crippen LogP contribution is 2.40. The first kappa shape index (κ1) is 22.0. The monoisotopic (exact) mass is 514 g/mol. The molecule has 0 fully saturated rings. The molecule has 8 nitrogen and oxygen atoms in total. The Bertz CT molecular complexity index is 1360. The number of rotatable bonds is 6. The summed E-state index contributed by atoms with van der Waals surface area (Å²) in [6.45, 7) is 2.06. The normalized spacial score (nSPS) is 11.0. The molecule has 0 unspecified atom stereocenters. The number of ether oxygens (including phenoxy) is 1. The molecule has 164 valence electrons. The van der Waals surface area contributed by atoms with E-state index in [0.717, 1.165) is 0 Å². The van der Waals surface area contributed by atoms with Crippen LogP contribution in [0.1, 0.15) is 34.1 Å². The van der Waals surface area contributed by atoms with E-state index >= 15 is 0 Å². The summed E-state index contributed by atoms with van der Waals surface area (Å²) in [7, 11) is 1.78. The molecule has 0 aliphatic heterocycles. The van der Waals surface area contributed by atoms with E-state index in [9.17, 15) is 14.1 Å². The molecule has 4 aromatic rings. The van der Waals surface area contributed by atoms with Gasteiger partial charge in [-0.05, 0) is 34.5 Å². The highest BCUT2D eigenvalue weighted by Gasteiger charge is 2.30. The smallest absolute Gasteiger partial charge is 0.341 e. The minimum Gasteiger partial charge on any atom is -0.506 e. The average Bonchev–Trinajstić information content (AvgIpc) is 3.40. The number of aryl methyl sites for hydroxylation is 1. The van der Waals surface area contributed by atoms with Crippen molar-refractivity contribution in [3.63, 3.8) is 0 Å². The van der Waals surface area contributed by atoms with Crippen LogP contribution in [0.5, 0.6) is 5.75 Å². The van der Waals surface area contributed by atoms with Gasteiger partial charge in [-0.25, -0.2) is 18.7 Å². The van der Waals surface area contributed by atoms with Gasteiger partial charge in [-0.15, -0.1) is 0 Å². The first-order valence-electron chi connectivity index (χ1n) is 9.72. The zero-order valence-electron chi connectivity index (χ0n) is 17.3. The zero-order chi connectivity index (χ0) is 22.8. The fourth-order valence-corrected chi connectivity index (χ4v) is 4.75. The Kier molecular flexibility index (Phi) is 6.24. The van der Waals surface area contributed by atoms with E-state index in [1.807, 2.05) is 30.3 Å². The largest absolute Gasteiger partial charge is 0.506 e. The van der Waals surface area contributed by atoms with E-state index in [-0.39, 0.29) is 24.5 Å². The van der Waals surface area contributed by atoms with E-state index in [2.05, 4.69) is 26.0 Å². The van der Waals surface area contributed by atoms with Gasteiger partial charge in [0.05, 0.1) is 50.5 Å². The summed E-state index contributed by atoms with van der Waals surface area (Å²) in [6.07, 6.45) is 2.92. The van der Waals surface area contributed by atoms with Gasteiger partial charge in [0.2, 0.25) is 0 Å². The number of phenolic OH excluding ortho intramolecular Hbond substituents is 1. The lowest BCUT2D eigenvalue weighted by atomic mass is 10.0. The molecule has 0 spiro atoms. The molecule has 4 rings (SSSR count). The topological polar surface area (TPSA) is 99.2 Å². The Morgan fingerprint density at radius 1 is 1.28 bits per heavy atom. The molecule has 2 aromatic heterocycles. The van der Waals surface area contributed by atoms with Crippen LogP contribution >= 0.6 is 15.9 Å². The molecular formula is C22H19BrN4O4S. The number of esters is 1. The number of carbonyl (C=O) groups is 1. The summed E-state index contributed by atoms with van der Waals surface area (Å²) in [5.74, 6) is -0.594. The number of hydrogen-bond acceptors (Lipinski definition) is 6. The highest BCUT2D eigenvalue weighted by molar-refractivity contribution is 9.10. The molecule has 0 aliphatic carbocycles. The lowest BCUT2D eigenvalue weighted by molar-refractivity contribution is 0.0528. The van der Waals surface area contributed by atoms with Crippen molar-refractivity contribution in [3.05, 3.63) is 75.9 Å². The summed E-state index contributed by atoms with van der Waals surface area (Å²) >= 11 is 3.72. The number of benzene rings is 2. The molecule has 0 radical (unpaired) electrons. The van der Waals surface area contributed by atoms with Gasteiger partial charge in [0.1, 0.15) is 18.4 Å². The molecule has 0 saturated heterocycles. The van der Waals surface area contributed by atoms with Crippen molar-refractivity contribution < 1.29 is 18.8 Å². The summed E-state index contributed by atoms with van der Waals surface area (Å²) in [5.41, 5.74) is 2.47. The zero-order valence-corrected chi connectivity index (χ0v) is 19.7. The summed E-state index contributed by atoms with van der Waals surface area (Å²) in [4.78, 5) is 17.5. The SMILES string of the molecule is CCOC(=O)c1c(C(=S=O)c2ccccc2)n(C)c2cc(Br)c(O)c(Cn3cncn3)c12. The maximum atomic E-state index is 13.2. The van der Waals surface area contributed by atoms with Crippen LogP contribution in [-0.4, -0.2) is 46.1 Å². The molecule has 0 atom stereocenters. The van der Waals surface area contributed by atoms with Crippen molar-refractivity contribution in [1.29, 1.82) is 0 Å². The molecule has 1 N–H and O–H groups in total. The van der Waals surface area contributed by atoms with E-state index in [4.69, 9.17) is 4.74 Å². The van der Waals surface area contributed by atoms with E-state index < -0.39 is 5.97 Å². The van der Waals surface area contributed by atoms with Crippen LogP contribution in [-0.2, 0) is 29.6 Å². The number of hydrogen-bond donors (Lipinski definition) is 1. The molecule has 0 aliphatic rings. The second-order valence-electron chi connectivity index (χ2n) is 6.95. The number of aromatic nitrogens is 4. The molecule has 2 heterocycles. The van der Waals surface area contributed by atoms with Gasteiger partial charge in [-0.1, -0.05) is 30.3 Å². The number of phenols is 1. The maximum absolute atomic E-state index is 13.2. The van der Waals surface area contributed by atoms with E-state index in [1.165, 1.54) is 12.7 Å². The first-order valence-corrected chi connectivity index (χ1v) is 11.3. The summed E-state index contributed by atoms with van der Waals surface area (Å²) in [5, 5.41) is 15.5. The summed E-state index contributed by atoms with van der Waals surface area (Å²) < 4.78 is 21.5. The van der Waals surface area contributed by atoms with Gasteiger partial charge in [0, 0.05) is 18.0 Å². The van der Waals surface area contributed by atoms with Gasteiger partial charge in [0.15, 0.2) is 0 Å². The molecule has 0 saturated carbocycles. The summed E-state index contributed by atoms with van der Waals surface area (Å²) in [6, 6.07) is 10.9. The fourth-order valence-electron chi connectivity index (χ4n) is 3.74. The predicted octanol–water partition coefficient (Wildman–Crippen LogP) is 3.24. The maximum Gasteiger partial charge on any atom is 0.341 e. The van der Waals surface area contributed by atoms with Crippen LogP contribution in [0, 0.1) is 0 Å². The molecule has 32 heavy (non-hydrogen) atoms. The second kappa shape index (κ2) is 9.09. The van der Waals surface area contributed by atoms with E-state index in [0.29, 0.717) is 48.3 Å². The van der Waals surface area contributed by atoms with Crippen molar-refractivity contribution in [2.24, 2.45) is 7.05 Å². The quantitative estimate of drug-likeness (QED) is 0.241. The fraction of sp³-hybridized carbons (Fsp3) is 0.182. The van der Waals surface area contributed by atoms with Crippen LogP contribution in [0.25, 0.3) is 10.9 Å². The number of nitrogens with zero attached hydrogens (tertiary/aromatic N) is 4. The molecule has 0 bridgehead atoms. The first-order chi connectivity index (χ1) is 15.5. The Labute approximate surface area is 195 Å². The second-order valence-corrected chi connectivity index (χ2v) is 8.38.